The lowest BCUT2D eigenvalue weighted by atomic mass is 9.97. The van der Waals surface area contributed by atoms with E-state index in [1.807, 2.05) is 48.7 Å². The van der Waals surface area contributed by atoms with Crippen LogP contribution in [0.5, 0.6) is 5.75 Å². The van der Waals surface area contributed by atoms with Crippen molar-refractivity contribution in [2.75, 3.05) is 17.3 Å². The molecule has 2 amide bonds. The second-order valence-electron chi connectivity index (χ2n) is 7.39. The van der Waals surface area contributed by atoms with E-state index in [0.717, 1.165) is 16.1 Å². The SMILES string of the molecule is COc1ccc(C#N)cc1NC(=O)C1CC(=O)N(c2ccc(C)cc2)C1c1cccs1. The van der Waals surface area contributed by atoms with Gasteiger partial charge < -0.3 is 15.0 Å². The maximum absolute atomic E-state index is 13.3. The number of anilines is 2. The van der Waals surface area contributed by atoms with E-state index in [1.165, 1.54) is 18.4 Å². The van der Waals surface area contributed by atoms with Crippen molar-refractivity contribution in [3.63, 3.8) is 0 Å². The summed E-state index contributed by atoms with van der Waals surface area (Å²) < 4.78 is 5.33. The molecular weight excluding hydrogens is 410 g/mol. The van der Waals surface area contributed by atoms with Gasteiger partial charge in [-0.25, -0.2) is 0 Å². The van der Waals surface area contributed by atoms with Gasteiger partial charge >= 0.3 is 0 Å². The number of methoxy groups -OCH3 is 1. The molecule has 3 aromatic rings. The monoisotopic (exact) mass is 431 g/mol. The minimum atomic E-state index is -0.581. The molecule has 0 radical (unpaired) electrons. The highest BCUT2D eigenvalue weighted by Crippen LogP contribution is 2.43. The van der Waals surface area contributed by atoms with Gasteiger partial charge in [-0.05, 0) is 48.7 Å². The summed E-state index contributed by atoms with van der Waals surface area (Å²) >= 11 is 1.52. The van der Waals surface area contributed by atoms with E-state index in [4.69, 9.17) is 4.74 Å². The maximum Gasteiger partial charge on any atom is 0.230 e. The first-order valence-corrected chi connectivity index (χ1v) is 10.7. The van der Waals surface area contributed by atoms with Crippen LogP contribution < -0.4 is 15.0 Å². The third-order valence-electron chi connectivity index (χ3n) is 5.39. The lowest BCUT2D eigenvalue weighted by Crippen LogP contribution is -2.32. The number of thiophene rings is 1. The van der Waals surface area contributed by atoms with Gasteiger partial charge in [0.2, 0.25) is 11.8 Å². The summed E-state index contributed by atoms with van der Waals surface area (Å²) in [6.45, 7) is 1.99. The van der Waals surface area contributed by atoms with Crippen LogP contribution in [0.15, 0.2) is 60.0 Å². The molecule has 6 nitrogen and oxygen atoms in total. The maximum atomic E-state index is 13.3. The number of hydrogen-bond acceptors (Lipinski definition) is 5. The summed E-state index contributed by atoms with van der Waals surface area (Å²) in [6.07, 6.45) is 0.0997. The first-order chi connectivity index (χ1) is 15.0. The lowest BCUT2D eigenvalue weighted by Gasteiger charge is -2.27. The number of nitriles is 1. The largest absolute Gasteiger partial charge is 0.495 e. The van der Waals surface area contributed by atoms with Gasteiger partial charge in [-0.3, -0.25) is 9.59 Å². The number of benzene rings is 2. The van der Waals surface area contributed by atoms with Crippen molar-refractivity contribution in [1.29, 1.82) is 5.26 Å². The third kappa shape index (κ3) is 4.03. The van der Waals surface area contributed by atoms with Gasteiger partial charge in [-0.2, -0.15) is 5.26 Å². The molecule has 1 aliphatic heterocycles. The zero-order chi connectivity index (χ0) is 22.0. The van der Waals surface area contributed by atoms with Crippen molar-refractivity contribution in [3.8, 4) is 11.8 Å². The standard InChI is InChI=1S/C24H21N3O3S/c1-15-5-8-17(9-6-15)27-22(28)13-18(23(27)21-4-3-11-31-21)24(29)26-19-12-16(14-25)7-10-20(19)30-2/h3-12,18,23H,13H2,1-2H3,(H,26,29). The Morgan fingerprint density at radius 3 is 2.65 bits per heavy atom. The molecule has 2 heterocycles. The van der Waals surface area contributed by atoms with Crippen molar-refractivity contribution in [3.05, 3.63) is 76.0 Å². The Morgan fingerprint density at radius 2 is 2.00 bits per heavy atom. The second-order valence-corrected chi connectivity index (χ2v) is 8.37. The number of ether oxygens (including phenoxy) is 1. The van der Waals surface area contributed by atoms with Gasteiger partial charge in [0.15, 0.2) is 0 Å². The Hall–Kier alpha value is -3.63. The molecule has 0 spiro atoms. The molecular formula is C24H21N3O3S. The topological polar surface area (TPSA) is 82.4 Å². The normalized spacial score (nSPS) is 18.0. The van der Waals surface area contributed by atoms with Crippen LogP contribution in [0, 0.1) is 24.2 Å². The summed E-state index contributed by atoms with van der Waals surface area (Å²) in [5.74, 6) is -0.502. The van der Waals surface area contributed by atoms with Crippen LogP contribution in [0.25, 0.3) is 0 Å². The lowest BCUT2D eigenvalue weighted by molar-refractivity contribution is -0.122. The number of nitrogens with one attached hydrogen (secondary N) is 1. The Kier molecular flexibility index (Phi) is 5.74. The molecule has 4 rings (SSSR count). The average Bonchev–Trinajstić information content (AvgIpc) is 3.42. The molecule has 1 aliphatic rings. The highest BCUT2D eigenvalue weighted by molar-refractivity contribution is 7.10. The van der Waals surface area contributed by atoms with Gasteiger partial charge in [0.05, 0.1) is 36.4 Å². The highest BCUT2D eigenvalue weighted by atomic mass is 32.1. The first kappa shape index (κ1) is 20.6. The van der Waals surface area contributed by atoms with Crippen molar-refractivity contribution >= 4 is 34.5 Å². The smallest absolute Gasteiger partial charge is 0.230 e. The Labute approximate surface area is 184 Å². The van der Waals surface area contributed by atoms with E-state index in [0.29, 0.717) is 17.0 Å². The number of hydrogen-bond donors (Lipinski definition) is 1. The summed E-state index contributed by atoms with van der Waals surface area (Å²) in [5.41, 5.74) is 2.70. The minimum Gasteiger partial charge on any atom is -0.495 e. The van der Waals surface area contributed by atoms with E-state index in [9.17, 15) is 14.9 Å². The van der Waals surface area contributed by atoms with Crippen molar-refractivity contribution in [2.24, 2.45) is 5.92 Å². The minimum absolute atomic E-state index is 0.0971. The van der Waals surface area contributed by atoms with Gasteiger partial charge in [-0.1, -0.05) is 23.8 Å². The summed E-state index contributed by atoms with van der Waals surface area (Å²) in [5, 5.41) is 14.0. The van der Waals surface area contributed by atoms with Gasteiger partial charge in [-0.15, -0.1) is 11.3 Å². The number of aryl methyl sites for hydroxylation is 1. The molecule has 156 valence electrons. The number of nitrogens with zero attached hydrogens (tertiary/aromatic N) is 2. The van der Waals surface area contributed by atoms with Crippen LogP contribution >= 0.6 is 11.3 Å². The quantitative estimate of drug-likeness (QED) is 0.636. The van der Waals surface area contributed by atoms with E-state index in [2.05, 4.69) is 11.4 Å². The summed E-state index contributed by atoms with van der Waals surface area (Å²) in [6, 6.07) is 18.1. The van der Waals surface area contributed by atoms with Crippen LogP contribution in [0.1, 0.15) is 28.5 Å². The van der Waals surface area contributed by atoms with Gasteiger partial charge in [0.1, 0.15) is 5.75 Å². The van der Waals surface area contributed by atoms with E-state index in [-0.39, 0.29) is 18.2 Å². The van der Waals surface area contributed by atoms with Crippen molar-refractivity contribution < 1.29 is 14.3 Å². The molecule has 1 fully saturated rings. The second kappa shape index (κ2) is 8.62. The molecule has 0 bridgehead atoms. The van der Waals surface area contributed by atoms with E-state index >= 15 is 0 Å². The molecule has 2 aromatic carbocycles. The van der Waals surface area contributed by atoms with Crippen LogP contribution in [-0.2, 0) is 9.59 Å². The summed E-state index contributed by atoms with van der Waals surface area (Å²) in [4.78, 5) is 29.0. The average molecular weight is 432 g/mol. The Bertz CT molecular complexity index is 1150. The number of carbonyl (C=O) groups excluding carboxylic acids is 2. The first-order valence-electron chi connectivity index (χ1n) is 9.83. The predicted molar refractivity (Wildman–Crippen MR) is 120 cm³/mol. The van der Waals surface area contributed by atoms with Crippen molar-refractivity contribution in [2.45, 2.75) is 19.4 Å². The van der Waals surface area contributed by atoms with E-state index in [1.54, 1.807) is 23.1 Å². The zero-order valence-corrected chi connectivity index (χ0v) is 18.0. The molecule has 31 heavy (non-hydrogen) atoms. The molecule has 0 saturated carbocycles. The molecule has 0 aliphatic carbocycles. The molecule has 7 heteroatoms. The van der Waals surface area contributed by atoms with Crippen molar-refractivity contribution in [1.82, 2.24) is 0 Å². The number of rotatable bonds is 5. The van der Waals surface area contributed by atoms with E-state index < -0.39 is 12.0 Å². The molecule has 1 N–H and O–H groups in total. The number of carbonyl (C=O) groups is 2. The number of amides is 2. The van der Waals surface area contributed by atoms with Gasteiger partial charge in [0, 0.05) is 17.0 Å². The van der Waals surface area contributed by atoms with Crippen LogP contribution in [0.2, 0.25) is 0 Å². The molecule has 1 aromatic heterocycles. The predicted octanol–water partition coefficient (Wildman–Crippen LogP) is 4.67. The third-order valence-corrected chi connectivity index (χ3v) is 6.34. The molecule has 1 saturated heterocycles. The fourth-order valence-corrected chi connectivity index (χ4v) is 4.75. The van der Waals surface area contributed by atoms with Crippen LogP contribution in [0.3, 0.4) is 0 Å². The fraction of sp³-hybridized carbons (Fsp3) is 0.208. The van der Waals surface area contributed by atoms with Crippen LogP contribution in [0.4, 0.5) is 11.4 Å². The Balaban J connectivity index is 1.69. The van der Waals surface area contributed by atoms with Gasteiger partial charge in [0.25, 0.3) is 0 Å². The highest BCUT2D eigenvalue weighted by Gasteiger charge is 2.45. The molecule has 2 unspecified atom stereocenters. The fourth-order valence-electron chi connectivity index (χ4n) is 3.86. The zero-order valence-electron chi connectivity index (χ0n) is 17.2. The van der Waals surface area contributed by atoms with Crippen LogP contribution in [-0.4, -0.2) is 18.9 Å². The Morgan fingerprint density at radius 1 is 1.23 bits per heavy atom. The molecule has 2 atom stereocenters. The summed E-state index contributed by atoms with van der Waals surface area (Å²) in [7, 11) is 1.50.